The van der Waals surface area contributed by atoms with Crippen molar-refractivity contribution in [3.8, 4) is 11.6 Å². The van der Waals surface area contributed by atoms with Gasteiger partial charge in [0.05, 0.1) is 19.5 Å². The SMILES string of the molecule is Cc1c(N2CCOCC2)nc2nc(-c3ccco3)nn2c1N. The Hall–Kier alpha value is -2.61. The first kappa shape index (κ1) is 13.1. The van der Waals surface area contributed by atoms with Gasteiger partial charge in [-0.3, -0.25) is 0 Å². The van der Waals surface area contributed by atoms with E-state index < -0.39 is 0 Å². The number of hydrogen-bond acceptors (Lipinski definition) is 7. The molecule has 3 aromatic heterocycles. The van der Waals surface area contributed by atoms with E-state index in [1.165, 1.54) is 0 Å². The zero-order chi connectivity index (χ0) is 15.1. The Bertz CT molecular complexity index is 804. The number of fused-ring (bicyclic) bond motifs is 1. The van der Waals surface area contributed by atoms with E-state index in [1.807, 2.05) is 6.92 Å². The van der Waals surface area contributed by atoms with E-state index in [4.69, 9.17) is 14.9 Å². The van der Waals surface area contributed by atoms with Gasteiger partial charge in [-0.25, -0.2) is 0 Å². The molecule has 0 atom stereocenters. The Labute approximate surface area is 126 Å². The second-order valence-electron chi connectivity index (χ2n) is 5.17. The van der Waals surface area contributed by atoms with Gasteiger partial charge in [0, 0.05) is 18.7 Å². The average molecular weight is 300 g/mol. The number of morpholine rings is 1. The Morgan fingerprint density at radius 1 is 1.23 bits per heavy atom. The van der Waals surface area contributed by atoms with Crippen molar-refractivity contribution in [1.82, 2.24) is 19.6 Å². The maximum Gasteiger partial charge on any atom is 0.256 e. The predicted octanol–water partition coefficient (Wildman–Crippen LogP) is 1.11. The minimum absolute atomic E-state index is 0.469. The van der Waals surface area contributed by atoms with Crippen molar-refractivity contribution in [2.45, 2.75) is 6.92 Å². The van der Waals surface area contributed by atoms with Crippen molar-refractivity contribution in [2.75, 3.05) is 36.9 Å². The lowest BCUT2D eigenvalue weighted by Crippen LogP contribution is -2.37. The number of rotatable bonds is 2. The van der Waals surface area contributed by atoms with Crippen LogP contribution in [0.15, 0.2) is 22.8 Å². The van der Waals surface area contributed by atoms with Crippen LogP contribution in [0.3, 0.4) is 0 Å². The number of furan rings is 1. The van der Waals surface area contributed by atoms with Crippen molar-refractivity contribution in [2.24, 2.45) is 0 Å². The Balaban J connectivity index is 1.84. The van der Waals surface area contributed by atoms with Crippen LogP contribution in [0.25, 0.3) is 17.4 Å². The molecule has 0 bridgehead atoms. The number of nitrogen functional groups attached to an aromatic ring is 1. The molecule has 114 valence electrons. The molecule has 0 saturated carbocycles. The molecular weight excluding hydrogens is 284 g/mol. The molecule has 2 N–H and O–H groups in total. The van der Waals surface area contributed by atoms with Gasteiger partial charge >= 0.3 is 0 Å². The van der Waals surface area contributed by atoms with Gasteiger partial charge in [0.25, 0.3) is 5.78 Å². The summed E-state index contributed by atoms with van der Waals surface area (Å²) in [7, 11) is 0. The molecule has 4 rings (SSSR count). The van der Waals surface area contributed by atoms with E-state index in [-0.39, 0.29) is 0 Å². The molecule has 0 aromatic carbocycles. The van der Waals surface area contributed by atoms with Crippen LogP contribution in [0, 0.1) is 6.92 Å². The lowest BCUT2D eigenvalue weighted by Gasteiger charge is -2.29. The van der Waals surface area contributed by atoms with E-state index in [2.05, 4.69) is 20.0 Å². The number of nitrogens with two attached hydrogens (primary N) is 1. The summed E-state index contributed by atoms with van der Waals surface area (Å²) in [6.45, 7) is 4.92. The molecular formula is C14H16N6O2. The van der Waals surface area contributed by atoms with Crippen LogP contribution < -0.4 is 10.6 Å². The van der Waals surface area contributed by atoms with Crippen molar-refractivity contribution in [3.63, 3.8) is 0 Å². The Kier molecular flexibility index (Phi) is 2.97. The summed E-state index contributed by atoms with van der Waals surface area (Å²) >= 11 is 0. The number of hydrogen-bond donors (Lipinski definition) is 1. The van der Waals surface area contributed by atoms with Crippen LogP contribution in [0.1, 0.15) is 5.56 Å². The van der Waals surface area contributed by atoms with E-state index in [9.17, 15) is 0 Å². The van der Waals surface area contributed by atoms with Crippen LogP contribution in [-0.4, -0.2) is 45.9 Å². The van der Waals surface area contributed by atoms with Gasteiger partial charge in [0.15, 0.2) is 5.76 Å². The molecule has 3 aromatic rings. The summed E-state index contributed by atoms with van der Waals surface area (Å²) in [6.07, 6.45) is 1.59. The highest BCUT2D eigenvalue weighted by Crippen LogP contribution is 2.26. The molecule has 8 heteroatoms. The monoisotopic (exact) mass is 300 g/mol. The summed E-state index contributed by atoms with van der Waals surface area (Å²) in [5, 5.41) is 4.38. The molecule has 1 aliphatic heterocycles. The summed E-state index contributed by atoms with van der Waals surface area (Å²) < 4.78 is 12.3. The molecule has 22 heavy (non-hydrogen) atoms. The first-order valence-corrected chi connectivity index (χ1v) is 7.13. The molecule has 0 spiro atoms. The van der Waals surface area contributed by atoms with Gasteiger partial charge in [-0.2, -0.15) is 14.5 Å². The van der Waals surface area contributed by atoms with Gasteiger partial charge in [-0.15, -0.1) is 5.10 Å². The van der Waals surface area contributed by atoms with Crippen LogP contribution in [0.4, 0.5) is 11.6 Å². The fourth-order valence-electron chi connectivity index (χ4n) is 2.58. The molecule has 0 aliphatic carbocycles. The average Bonchev–Trinajstić information content (AvgIpc) is 3.20. The highest BCUT2D eigenvalue weighted by Gasteiger charge is 2.20. The van der Waals surface area contributed by atoms with E-state index in [0.717, 1.165) is 24.5 Å². The fourth-order valence-corrected chi connectivity index (χ4v) is 2.58. The first-order chi connectivity index (χ1) is 10.7. The number of nitrogens with zero attached hydrogens (tertiary/aromatic N) is 5. The smallest absolute Gasteiger partial charge is 0.256 e. The van der Waals surface area contributed by atoms with E-state index in [0.29, 0.717) is 36.4 Å². The van der Waals surface area contributed by atoms with Crippen LogP contribution in [0.2, 0.25) is 0 Å². The molecule has 0 radical (unpaired) electrons. The van der Waals surface area contributed by atoms with E-state index >= 15 is 0 Å². The normalized spacial score (nSPS) is 15.6. The highest BCUT2D eigenvalue weighted by atomic mass is 16.5. The third kappa shape index (κ3) is 2.00. The summed E-state index contributed by atoms with van der Waals surface area (Å²) in [4.78, 5) is 11.2. The zero-order valence-electron chi connectivity index (χ0n) is 12.2. The number of ether oxygens (including phenoxy) is 1. The lowest BCUT2D eigenvalue weighted by atomic mass is 10.2. The maximum absolute atomic E-state index is 6.22. The van der Waals surface area contributed by atoms with Crippen molar-refractivity contribution < 1.29 is 9.15 Å². The fraction of sp³-hybridized carbons (Fsp3) is 0.357. The number of aromatic nitrogens is 4. The van der Waals surface area contributed by atoms with Gasteiger partial charge in [-0.1, -0.05) is 0 Å². The Morgan fingerprint density at radius 2 is 2.05 bits per heavy atom. The maximum atomic E-state index is 6.22. The van der Waals surface area contributed by atoms with Crippen molar-refractivity contribution >= 4 is 17.4 Å². The standard InChI is InChI=1S/C14H16N6O2/c1-9-11(15)20-14(16-12(18-20)10-3-2-6-22-10)17-13(9)19-4-7-21-8-5-19/h2-3,6H,4-5,7-8,15H2,1H3. The molecule has 8 nitrogen and oxygen atoms in total. The molecule has 1 fully saturated rings. The van der Waals surface area contributed by atoms with Crippen LogP contribution in [-0.2, 0) is 4.74 Å². The summed E-state index contributed by atoms with van der Waals surface area (Å²) in [5.41, 5.74) is 7.12. The summed E-state index contributed by atoms with van der Waals surface area (Å²) in [6, 6.07) is 3.60. The highest BCUT2D eigenvalue weighted by molar-refractivity contribution is 5.63. The molecule has 0 unspecified atom stereocenters. The second kappa shape index (κ2) is 4.99. The minimum Gasteiger partial charge on any atom is -0.461 e. The topological polar surface area (TPSA) is 94.7 Å². The van der Waals surface area contributed by atoms with Gasteiger partial charge in [0.1, 0.15) is 11.6 Å². The van der Waals surface area contributed by atoms with Crippen LogP contribution in [0.5, 0.6) is 0 Å². The molecule has 4 heterocycles. The third-order valence-electron chi connectivity index (χ3n) is 3.80. The van der Waals surface area contributed by atoms with Gasteiger partial charge in [0.2, 0.25) is 5.82 Å². The number of anilines is 2. The zero-order valence-corrected chi connectivity index (χ0v) is 12.2. The predicted molar refractivity (Wildman–Crippen MR) is 80.7 cm³/mol. The van der Waals surface area contributed by atoms with Crippen LogP contribution >= 0.6 is 0 Å². The van der Waals surface area contributed by atoms with Crippen molar-refractivity contribution in [1.29, 1.82) is 0 Å². The Morgan fingerprint density at radius 3 is 2.77 bits per heavy atom. The third-order valence-corrected chi connectivity index (χ3v) is 3.80. The quantitative estimate of drug-likeness (QED) is 0.757. The first-order valence-electron chi connectivity index (χ1n) is 7.13. The molecule has 1 aliphatic rings. The van der Waals surface area contributed by atoms with Gasteiger partial charge < -0.3 is 19.8 Å². The van der Waals surface area contributed by atoms with Gasteiger partial charge in [-0.05, 0) is 19.1 Å². The molecule has 0 amide bonds. The lowest BCUT2D eigenvalue weighted by molar-refractivity contribution is 0.122. The largest absolute Gasteiger partial charge is 0.461 e. The van der Waals surface area contributed by atoms with E-state index in [1.54, 1.807) is 22.9 Å². The minimum atomic E-state index is 0.469. The summed E-state index contributed by atoms with van der Waals surface area (Å²) in [5.74, 6) is 2.91. The second-order valence-corrected chi connectivity index (χ2v) is 5.17. The molecule has 1 saturated heterocycles. The van der Waals surface area contributed by atoms with Crippen molar-refractivity contribution in [3.05, 3.63) is 24.0 Å².